The first-order chi connectivity index (χ1) is 12.3. The highest BCUT2D eigenvalue weighted by Gasteiger charge is 2.20. The van der Waals surface area contributed by atoms with Crippen LogP contribution in [0, 0.1) is 0 Å². The lowest BCUT2D eigenvalue weighted by Crippen LogP contribution is -2.41. The Balaban J connectivity index is 4.08. The molecule has 0 aliphatic rings. The maximum absolute atomic E-state index is 11.8. The standard InChI is InChI=1S/C16H28N2O6S2/c1-25-9-7-11(15(21)22)17-13(19)5-3-4-6-14(20)18-12(16(23)24)8-10-26-2/h11-12H,3-10H2,1-2H3,(H,17,19)(H,18,20)(H,21,22)(H,23,24)/t11-,12-/m0/s1. The lowest BCUT2D eigenvalue weighted by Gasteiger charge is -2.14. The third kappa shape index (κ3) is 12.0. The number of hydrogen-bond acceptors (Lipinski definition) is 6. The highest BCUT2D eigenvalue weighted by molar-refractivity contribution is 7.98. The van der Waals surface area contributed by atoms with Crippen LogP contribution in [0.1, 0.15) is 38.5 Å². The number of carboxylic acids is 2. The molecule has 0 rings (SSSR count). The molecule has 0 saturated heterocycles. The quantitative estimate of drug-likeness (QED) is 0.297. The van der Waals surface area contributed by atoms with Crippen molar-refractivity contribution in [2.24, 2.45) is 0 Å². The van der Waals surface area contributed by atoms with Crippen LogP contribution in [0.3, 0.4) is 0 Å². The number of carbonyl (C=O) groups is 4. The molecular weight excluding hydrogens is 380 g/mol. The van der Waals surface area contributed by atoms with Crippen LogP contribution >= 0.6 is 23.5 Å². The summed E-state index contributed by atoms with van der Waals surface area (Å²) in [4.78, 5) is 45.7. The topological polar surface area (TPSA) is 133 Å². The van der Waals surface area contributed by atoms with E-state index in [0.29, 0.717) is 37.2 Å². The molecule has 150 valence electrons. The van der Waals surface area contributed by atoms with Gasteiger partial charge in [0.2, 0.25) is 11.8 Å². The third-order valence-electron chi connectivity index (χ3n) is 3.55. The zero-order chi connectivity index (χ0) is 19.9. The molecule has 0 bridgehead atoms. The molecule has 4 N–H and O–H groups in total. The van der Waals surface area contributed by atoms with Crippen LogP contribution in [0.25, 0.3) is 0 Å². The summed E-state index contributed by atoms with van der Waals surface area (Å²) in [6, 6.07) is -1.79. The molecule has 0 radical (unpaired) electrons. The molecule has 2 amide bonds. The second kappa shape index (κ2) is 14.7. The van der Waals surface area contributed by atoms with Crippen molar-refractivity contribution in [3.63, 3.8) is 0 Å². The summed E-state index contributed by atoms with van der Waals surface area (Å²) in [5.41, 5.74) is 0. The Morgan fingerprint density at radius 2 is 1.12 bits per heavy atom. The largest absolute Gasteiger partial charge is 0.480 e. The monoisotopic (exact) mass is 408 g/mol. The Morgan fingerprint density at radius 1 is 0.769 bits per heavy atom. The summed E-state index contributed by atoms with van der Waals surface area (Å²) in [6.07, 6.45) is 5.56. The van der Waals surface area contributed by atoms with E-state index in [2.05, 4.69) is 10.6 Å². The van der Waals surface area contributed by atoms with Crippen molar-refractivity contribution in [2.45, 2.75) is 50.6 Å². The van der Waals surface area contributed by atoms with Crippen LogP contribution in [0.2, 0.25) is 0 Å². The van der Waals surface area contributed by atoms with Gasteiger partial charge in [0.15, 0.2) is 0 Å². The Labute approximate surface area is 162 Å². The molecular formula is C16H28N2O6S2. The second-order valence-electron chi connectivity index (χ2n) is 5.69. The lowest BCUT2D eigenvalue weighted by molar-refractivity contribution is -0.142. The summed E-state index contributed by atoms with van der Waals surface area (Å²) in [5.74, 6) is -1.56. The van der Waals surface area contributed by atoms with Gasteiger partial charge in [-0.05, 0) is 49.7 Å². The number of aliphatic carboxylic acids is 2. The number of carbonyl (C=O) groups excluding carboxylic acids is 2. The molecule has 2 atom stereocenters. The van der Waals surface area contributed by atoms with Gasteiger partial charge in [0.1, 0.15) is 12.1 Å². The summed E-state index contributed by atoms with van der Waals surface area (Å²) in [6.45, 7) is 0. The molecule has 26 heavy (non-hydrogen) atoms. The van der Waals surface area contributed by atoms with Crippen molar-refractivity contribution in [3.8, 4) is 0 Å². The smallest absolute Gasteiger partial charge is 0.326 e. The first-order valence-electron chi connectivity index (χ1n) is 8.34. The minimum absolute atomic E-state index is 0.130. The fourth-order valence-electron chi connectivity index (χ4n) is 2.09. The minimum atomic E-state index is -1.06. The third-order valence-corrected chi connectivity index (χ3v) is 4.83. The molecule has 0 heterocycles. The average Bonchev–Trinajstić information content (AvgIpc) is 2.58. The molecule has 0 aromatic carbocycles. The van der Waals surface area contributed by atoms with Gasteiger partial charge in [-0.25, -0.2) is 9.59 Å². The molecule has 0 spiro atoms. The van der Waals surface area contributed by atoms with Crippen LogP contribution in [0.5, 0.6) is 0 Å². The molecule has 0 saturated carbocycles. The predicted molar refractivity (Wildman–Crippen MR) is 104 cm³/mol. The highest BCUT2D eigenvalue weighted by atomic mass is 32.2. The first-order valence-corrected chi connectivity index (χ1v) is 11.1. The van der Waals surface area contributed by atoms with E-state index in [4.69, 9.17) is 10.2 Å². The molecule has 0 aromatic heterocycles. The fraction of sp³-hybridized carbons (Fsp3) is 0.750. The van der Waals surface area contributed by atoms with Crippen LogP contribution in [0.15, 0.2) is 0 Å². The predicted octanol–water partition coefficient (Wildman–Crippen LogP) is 1.19. The Kier molecular flexibility index (Phi) is 13.9. The normalized spacial score (nSPS) is 12.8. The number of carboxylic acid groups (broad SMARTS) is 2. The van der Waals surface area contributed by atoms with Crippen molar-refractivity contribution in [1.29, 1.82) is 0 Å². The number of hydrogen-bond donors (Lipinski definition) is 4. The Morgan fingerprint density at radius 3 is 1.38 bits per heavy atom. The summed E-state index contributed by atoms with van der Waals surface area (Å²) in [5, 5.41) is 23.1. The van der Waals surface area contributed by atoms with Crippen molar-refractivity contribution in [2.75, 3.05) is 24.0 Å². The fourth-order valence-corrected chi connectivity index (χ4v) is 3.03. The molecule has 0 aromatic rings. The van der Waals surface area contributed by atoms with Crippen LogP contribution in [-0.2, 0) is 19.2 Å². The number of rotatable bonds is 15. The molecule has 0 unspecified atom stereocenters. The zero-order valence-corrected chi connectivity index (χ0v) is 16.8. The van der Waals surface area contributed by atoms with Gasteiger partial charge in [-0.3, -0.25) is 9.59 Å². The van der Waals surface area contributed by atoms with Gasteiger partial charge in [0, 0.05) is 12.8 Å². The first kappa shape index (κ1) is 24.6. The van der Waals surface area contributed by atoms with E-state index in [1.807, 2.05) is 12.5 Å². The van der Waals surface area contributed by atoms with Gasteiger partial charge in [-0.2, -0.15) is 23.5 Å². The van der Waals surface area contributed by atoms with Gasteiger partial charge in [0.05, 0.1) is 0 Å². The van der Waals surface area contributed by atoms with E-state index in [1.54, 1.807) is 0 Å². The SMILES string of the molecule is CSCC[C@H](NC(=O)CCCCC(=O)N[C@@H](CCSC)C(=O)O)C(=O)O. The van der Waals surface area contributed by atoms with E-state index in [0.717, 1.165) is 0 Å². The van der Waals surface area contributed by atoms with Crippen LogP contribution < -0.4 is 10.6 Å². The van der Waals surface area contributed by atoms with Crippen molar-refractivity contribution in [3.05, 3.63) is 0 Å². The molecule has 0 fully saturated rings. The summed E-state index contributed by atoms with van der Waals surface area (Å²) in [7, 11) is 0. The van der Waals surface area contributed by atoms with Crippen molar-refractivity contribution < 1.29 is 29.4 Å². The highest BCUT2D eigenvalue weighted by Crippen LogP contribution is 2.05. The summed E-state index contributed by atoms with van der Waals surface area (Å²) >= 11 is 3.02. The number of unbranched alkanes of at least 4 members (excludes halogenated alkanes) is 1. The summed E-state index contributed by atoms with van der Waals surface area (Å²) < 4.78 is 0. The van der Waals surface area contributed by atoms with Crippen LogP contribution in [-0.4, -0.2) is 70.1 Å². The average molecular weight is 409 g/mol. The zero-order valence-electron chi connectivity index (χ0n) is 15.2. The van der Waals surface area contributed by atoms with E-state index >= 15 is 0 Å². The van der Waals surface area contributed by atoms with E-state index in [9.17, 15) is 19.2 Å². The van der Waals surface area contributed by atoms with Crippen molar-refractivity contribution >= 4 is 47.3 Å². The van der Waals surface area contributed by atoms with Crippen molar-refractivity contribution in [1.82, 2.24) is 10.6 Å². The van der Waals surface area contributed by atoms with Gasteiger partial charge < -0.3 is 20.8 Å². The Bertz CT molecular complexity index is 434. The number of thioether (sulfide) groups is 2. The number of amides is 2. The van der Waals surface area contributed by atoms with E-state index < -0.39 is 24.0 Å². The van der Waals surface area contributed by atoms with Gasteiger partial charge >= 0.3 is 11.9 Å². The maximum atomic E-state index is 11.8. The molecule has 0 aliphatic carbocycles. The molecule has 8 nitrogen and oxygen atoms in total. The Hall–Kier alpha value is -1.42. The minimum Gasteiger partial charge on any atom is -0.480 e. The van der Waals surface area contributed by atoms with E-state index in [1.165, 1.54) is 23.5 Å². The molecule has 10 heteroatoms. The molecule has 0 aliphatic heterocycles. The maximum Gasteiger partial charge on any atom is 0.326 e. The second-order valence-corrected chi connectivity index (χ2v) is 7.66. The van der Waals surface area contributed by atoms with E-state index in [-0.39, 0.29) is 24.7 Å². The van der Waals surface area contributed by atoms with Crippen LogP contribution in [0.4, 0.5) is 0 Å². The lowest BCUT2D eigenvalue weighted by atomic mass is 10.1. The number of nitrogens with one attached hydrogen (secondary N) is 2. The van der Waals surface area contributed by atoms with Gasteiger partial charge in [-0.15, -0.1) is 0 Å². The van der Waals surface area contributed by atoms with Gasteiger partial charge in [-0.1, -0.05) is 0 Å². The van der Waals surface area contributed by atoms with Gasteiger partial charge in [0.25, 0.3) is 0 Å².